The lowest BCUT2D eigenvalue weighted by Gasteiger charge is -2.21. The molecule has 0 aliphatic heterocycles. The number of aliphatic hydroxyl groups excluding tert-OH is 1. The van der Waals surface area contributed by atoms with Crippen LogP contribution in [0.1, 0.15) is 79.1 Å². The third kappa shape index (κ3) is 9.64. The van der Waals surface area contributed by atoms with Crippen LogP contribution in [0.3, 0.4) is 0 Å². The van der Waals surface area contributed by atoms with Crippen LogP contribution in [0.4, 0.5) is 0 Å². The Bertz CT molecular complexity index is 156. The number of rotatable bonds is 11. The van der Waals surface area contributed by atoms with Gasteiger partial charge in [-0.2, -0.15) is 0 Å². The lowest BCUT2D eigenvalue weighted by Crippen LogP contribution is -2.10. The summed E-state index contributed by atoms with van der Waals surface area (Å²) in [6.45, 7) is 9.78. The maximum Gasteiger partial charge on any atom is 0.0431 e. The molecule has 0 saturated heterocycles. The average Bonchev–Trinajstić information content (AvgIpc) is 2.33. The first-order valence-electron chi connectivity index (χ1n) is 7.72. The molecular formula is C16H34O. The van der Waals surface area contributed by atoms with Gasteiger partial charge in [0.05, 0.1) is 0 Å². The molecule has 3 atom stereocenters. The maximum absolute atomic E-state index is 8.80. The Morgan fingerprint density at radius 3 is 2.00 bits per heavy atom. The number of unbranched alkanes of at least 4 members (excludes halogenated alkanes) is 2. The second kappa shape index (κ2) is 11.1. The van der Waals surface area contributed by atoms with Crippen LogP contribution in [0, 0.1) is 17.8 Å². The fourth-order valence-corrected chi connectivity index (χ4v) is 2.42. The van der Waals surface area contributed by atoms with Gasteiger partial charge in [0, 0.05) is 6.61 Å². The number of hydrogen-bond acceptors (Lipinski definition) is 1. The Morgan fingerprint density at radius 1 is 0.765 bits per heavy atom. The normalized spacial score (nSPS) is 16.8. The van der Waals surface area contributed by atoms with Crippen LogP contribution >= 0.6 is 0 Å². The topological polar surface area (TPSA) is 20.2 Å². The summed E-state index contributed by atoms with van der Waals surface area (Å²) >= 11 is 0. The molecule has 1 nitrogen and oxygen atoms in total. The summed E-state index contributed by atoms with van der Waals surface area (Å²) in [6.07, 6.45) is 10.4. The molecule has 0 spiro atoms. The van der Waals surface area contributed by atoms with Crippen LogP contribution < -0.4 is 0 Å². The van der Waals surface area contributed by atoms with Crippen LogP contribution in [0.15, 0.2) is 0 Å². The summed E-state index contributed by atoms with van der Waals surface area (Å²) in [4.78, 5) is 0. The van der Waals surface area contributed by atoms with Gasteiger partial charge in [0.15, 0.2) is 0 Å². The van der Waals surface area contributed by atoms with E-state index in [9.17, 15) is 0 Å². The molecule has 104 valence electrons. The predicted octanol–water partition coefficient (Wildman–Crippen LogP) is 5.03. The van der Waals surface area contributed by atoms with Crippen molar-refractivity contribution >= 4 is 0 Å². The van der Waals surface area contributed by atoms with E-state index < -0.39 is 0 Å². The van der Waals surface area contributed by atoms with Crippen molar-refractivity contribution in [1.29, 1.82) is 0 Å². The van der Waals surface area contributed by atoms with Gasteiger partial charge < -0.3 is 5.11 Å². The van der Waals surface area contributed by atoms with Crippen molar-refractivity contribution in [3.05, 3.63) is 0 Å². The lowest BCUT2D eigenvalue weighted by atomic mass is 9.85. The smallest absolute Gasteiger partial charge is 0.0431 e. The van der Waals surface area contributed by atoms with E-state index in [0.29, 0.717) is 6.61 Å². The van der Waals surface area contributed by atoms with Gasteiger partial charge in [-0.3, -0.25) is 0 Å². The van der Waals surface area contributed by atoms with Crippen molar-refractivity contribution in [2.45, 2.75) is 79.1 Å². The van der Waals surface area contributed by atoms with Crippen molar-refractivity contribution in [2.75, 3.05) is 6.61 Å². The first-order valence-corrected chi connectivity index (χ1v) is 7.72. The van der Waals surface area contributed by atoms with E-state index in [4.69, 9.17) is 5.11 Å². The summed E-state index contributed by atoms with van der Waals surface area (Å²) in [5, 5.41) is 8.80. The monoisotopic (exact) mass is 242 g/mol. The molecule has 0 aliphatic carbocycles. The molecular weight excluding hydrogens is 208 g/mol. The van der Waals surface area contributed by atoms with E-state index in [2.05, 4.69) is 27.7 Å². The third-order valence-electron chi connectivity index (χ3n) is 4.20. The highest BCUT2D eigenvalue weighted by molar-refractivity contribution is 4.64. The Hall–Kier alpha value is -0.0400. The molecule has 1 heteroatoms. The highest BCUT2D eigenvalue weighted by atomic mass is 16.2. The molecule has 1 N–H and O–H groups in total. The molecule has 0 aromatic rings. The summed E-state index contributed by atoms with van der Waals surface area (Å²) < 4.78 is 0. The van der Waals surface area contributed by atoms with Crippen LogP contribution in [0.25, 0.3) is 0 Å². The molecule has 0 saturated carbocycles. The van der Waals surface area contributed by atoms with Gasteiger partial charge in [-0.05, 0) is 30.6 Å². The zero-order valence-corrected chi connectivity index (χ0v) is 12.5. The van der Waals surface area contributed by atoms with Gasteiger partial charge in [-0.1, -0.05) is 66.2 Å². The fraction of sp³-hybridized carbons (Fsp3) is 1.00. The van der Waals surface area contributed by atoms with E-state index in [0.717, 1.165) is 24.2 Å². The van der Waals surface area contributed by atoms with Crippen molar-refractivity contribution in [3.63, 3.8) is 0 Å². The molecule has 3 unspecified atom stereocenters. The maximum atomic E-state index is 8.80. The quantitative estimate of drug-likeness (QED) is 0.504. The second-order valence-electron chi connectivity index (χ2n) is 6.00. The largest absolute Gasteiger partial charge is 0.396 e. The fourth-order valence-electron chi connectivity index (χ4n) is 2.42. The molecule has 0 bridgehead atoms. The van der Waals surface area contributed by atoms with Crippen molar-refractivity contribution in [3.8, 4) is 0 Å². The molecule has 0 aliphatic rings. The molecule has 17 heavy (non-hydrogen) atoms. The molecule has 0 aromatic heterocycles. The Kier molecular flexibility index (Phi) is 11.0. The van der Waals surface area contributed by atoms with Gasteiger partial charge in [0.2, 0.25) is 0 Å². The Balaban J connectivity index is 3.58. The zero-order chi connectivity index (χ0) is 13.1. The number of hydrogen-bond donors (Lipinski definition) is 1. The number of aliphatic hydroxyl groups is 1. The van der Waals surface area contributed by atoms with E-state index in [1.165, 1.54) is 44.9 Å². The van der Waals surface area contributed by atoms with E-state index in [1.807, 2.05) is 0 Å². The molecule has 0 fully saturated rings. The van der Waals surface area contributed by atoms with Crippen LogP contribution in [-0.4, -0.2) is 11.7 Å². The minimum absolute atomic E-state index is 0.354. The summed E-state index contributed by atoms with van der Waals surface area (Å²) in [6, 6.07) is 0. The average molecular weight is 242 g/mol. The zero-order valence-electron chi connectivity index (χ0n) is 12.5. The Labute approximate surface area is 109 Å². The van der Waals surface area contributed by atoms with Gasteiger partial charge in [-0.15, -0.1) is 0 Å². The van der Waals surface area contributed by atoms with Gasteiger partial charge in [-0.25, -0.2) is 0 Å². The first kappa shape index (κ1) is 17.0. The van der Waals surface area contributed by atoms with E-state index >= 15 is 0 Å². The van der Waals surface area contributed by atoms with E-state index in [1.54, 1.807) is 0 Å². The van der Waals surface area contributed by atoms with Crippen LogP contribution in [0.2, 0.25) is 0 Å². The summed E-state index contributed by atoms with van der Waals surface area (Å²) in [5.41, 5.74) is 0. The first-order chi connectivity index (χ1) is 8.11. The highest BCUT2D eigenvalue weighted by Gasteiger charge is 2.13. The van der Waals surface area contributed by atoms with Crippen molar-refractivity contribution in [2.24, 2.45) is 17.8 Å². The minimum atomic E-state index is 0.354. The summed E-state index contributed by atoms with van der Waals surface area (Å²) in [7, 11) is 0. The lowest BCUT2D eigenvalue weighted by molar-refractivity contribution is 0.261. The predicted molar refractivity (Wildman–Crippen MR) is 77.2 cm³/mol. The molecule has 0 amide bonds. The van der Waals surface area contributed by atoms with Crippen molar-refractivity contribution in [1.82, 2.24) is 0 Å². The molecule has 0 radical (unpaired) electrons. The van der Waals surface area contributed by atoms with Crippen molar-refractivity contribution < 1.29 is 5.11 Å². The Morgan fingerprint density at radius 2 is 1.41 bits per heavy atom. The highest BCUT2D eigenvalue weighted by Crippen LogP contribution is 2.25. The van der Waals surface area contributed by atoms with Gasteiger partial charge in [0.1, 0.15) is 0 Å². The SMILES string of the molecule is CCCCCC(C)C(C)CCC(C)CCCO. The van der Waals surface area contributed by atoms with Gasteiger partial charge >= 0.3 is 0 Å². The molecule has 0 heterocycles. The molecule has 0 rings (SSSR count). The van der Waals surface area contributed by atoms with Crippen LogP contribution in [0.5, 0.6) is 0 Å². The minimum Gasteiger partial charge on any atom is -0.396 e. The summed E-state index contributed by atoms with van der Waals surface area (Å²) in [5.74, 6) is 2.53. The van der Waals surface area contributed by atoms with E-state index in [-0.39, 0.29) is 0 Å². The standard InChI is InChI=1S/C16H34O/c1-5-6-7-10-15(3)16(4)12-11-14(2)9-8-13-17/h14-17H,5-13H2,1-4H3. The van der Waals surface area contributed by atoms with Gasteiger partial charge in [0.25, 0.3) is 0 Å². The molecule has 0 aromatic carbocycles. The third-order valence-corrected chi connectivity index (χ3v) is 4.20. The second-order valence-corrected chi connectivity index (χ2v) is 6.00. The van der Waals surface area contributed by atoms with Crippen LogP contribution in [-0.2, 0) is 0 Å².